The molecule has 0 saturated heterocycles. The van der Waals surface area contributed by atoms with Crippen LogP contribution in [0.2, 0.25) is 0 Å². The summed E-state index contributed by atoms with van der Waals surface area (Å²) in [5.74, 6) is 2.97. The molecule has 182 valence electrons. The zero-order valence-electron chi connectivity index (χ0n) is 20.6. The van der Waals surface area contributed by atoms with E-state index in [2.05, 4.69) is 31.3 Å². The molecule has 0 aliphatic rings. The molecule has 0 aliphatic carbocycles. The van der Waals surface area contributed by atoms with Crippen LogP contribution in [0, 0.1) is 17.2 Å². The summed E-state index contributed by atoms with van der Waals surface area (Å²) in [7, 11) is 6.52. The number of nitriles is 1. The molecule has 2 rings (SSSR count). The molecule has 1 unspecified atom stereocenters. The summed E-state index contributed by atoms with van der Waals surface area (Å²) in [6.07, 6.45) is 2.55. The molecule has 0 amide bonds. The van der Waals surface area contributed by atoms with Crippen molar-refractivity contribution in [1.29, 1.82) is 5.26 Å². The van der Waals surface area contributed by atoms with Gasteiger partial charge >= 0.3 is 0 Å². The van der Waals surface area contributed by atoms with Crippen molar-refractivity contribution in [3.05, 3.63) is 47.5 Å². The smallest absolute Gasteiger partial charge is 0.161 e. The van der Waals surface area contributed by atoms with Crippen LogP contribution in [0.15, 0.2) is 36.4 Å². The van der Waals surface area contributed by atoms with Crippen LogP contribution >= 0.6 is 12.4 Å². The van der Waals surface area contributed by atoms with E-state index in [0.29, 0.717) is 11.5 Å². The molecule has 6 nitrogen and oxygen atoms in total. The summed E-state index contributed by atoms with van der Waals surface area (Å²) < 4.78 is 21.5. The second-order valence-corrected chi connectivity index (χ2v) is 8.10. The highest BCUT2D eigenvalue weighted by molar-refractivity contribution is 5.85. The Hall–Kier alpha value is -2.62. The topological polar surface area (TPSA) is 72.7 Å². The highest BCUT2D eigenvalue weighted by Crippen LogP contribution is 2.40. The second-order valence-electron chi connectivity index (χ2n) is 8.10. The maximum absolute atomic E-state index is 10.2. The third-order valence-electron chi connectivity index (χ3n) is 6.05. The van der Waals surface area contributed by atoms with Crippen LogP contribution in [0.3, 0.4) is 0 Å². The van der Waals surface area contributed by atoms with Crippen molar-refractivity contribution >= 4 is 12.4 Å². The van der Waals surface area contributed by atoms with Crippen molar-refractivity contribution in [3.63, 3.8) is 0 Å². The van der Waals surface area contributed by atoms with Crippen LogP contribution < -0.4 is 24.3 Å². The molecule has 1 atom stereocenters. The maximum Gasteiger partial charge on any atom is 0.161 e. The molecule has 0 aliphatic heterocycles. The van der Waals surface area contributed by atoms with Crippen LogP contribution in [-0.4, -0.2) is 41.5 Å². The zero-order valence-corrected chi connectivity index (χ0v) is 21.4. The first-order valence-corrected chi connectivity index (χ1v) is 11.0. The quantitative estimate of drug-likeness (QED) is 0.402. The van der Waals surface area contributed by atoms with Gasteiger partial charge in [-0.1, -0.05) is 26.0 Å². The normalized spacial score (nSPS) is 12.3. The molecule has 0 bridgehead atoms. The van der Waals surface area contributed by atoms with Crippen molar-refractivity contribution in [2.45, 2.75) is 38.5 Å². The standard InChI is InChI=1S/C26H36N2O4.ClH/c1-19(2)26(18-27,21-9-11-23(30-4)25(17-21)32-6)13-7-14-28-15-12-20-8-10-22(29-3)24(16-20)31-5;/h8-11,16-17,19,28H,7,12-15H2,1-6H3;1H. The van der Waals surface area contributed by atoms with Gasteiger partial charge in [-0.05, 0) is 73.7 Å². The molecule has 1 N–H and O–H groups in total. The van der Waals surface area contributed by atoms with Gasteiger partial charge in [0.15, 0.2) is 23.0 Å². The summed E-state index contributed by atoms with van der Waals surface area (Å²) >= 11 is 0. The zero-order chi connectivity index (χ0) is 23.6. The fraction of sp³-hybridized carbons (Fsp3) is 0.500. The maximum atomic E-state index is 10.2. The molecule has 7 heteroatoms. The lowest BCUT2D eigenvalue weighted by molar-refractivity contribution is 0.341. The van der Waals surface area contributed by atoms with E-state index in [1.165, 1.54) is 5.56 Å². The van der Waals surface area contributed by atoms with Crippen molar-refractivity contribution in [3.8, 4) is 29.1 Å². The first-order chi connectivity index (χ1) is 15.4. The van der Waals surface area contributed by atoms with Crippen LogP contribution in [0.1, 0.15) is 37.8 Å². The van der Waals surface area contributed by atoms with Gasteiger partial charge in [0.2, 0.25) is 0 Å². The number of methoxy groups -OCH3 is 4. The number of rotatable bonds is 13. The van der Waals surface area contributed by atoms with Crippen molar-refractivity contribution in [2.24, 2.45) is 5.92 Å². The Morgan fingerprint density at radius 1 is 0.848 bits per heavy atom. The number of halogens is 1. The molecular weight excluding hydrogens is 440 g/mol. The lowest BCUT2D eigenvalue weighted by Crippen LogP contribution is -2.32. The number of benzene rings is 2. The SMILES string of the molecule is COc1ccc(CCNCCCC(C#N)(c2ccc(OC)c(OC)c2)C(C)C)cc1OC.Cl. The van der Waals surface area contributed by atoms with Gasteiger partial charge in [0.25, 0.3) is 0 Å². The highest BCUT2D eigenvalue weighted by atomic mass is 35.5. The van der Waals surface area contributed by atoms with E-state index in [1.807, 2.05) is 30.3 Å². The Labute approximate surface area is 204 Å². The van der Waals surface area contributed by atoms with E-state index in [9.17, 15) is 5.26 Å². The van der Waals surface area contributed by atoms with Gasteiger partial charge in [0.1, 0.15) is 0 Å². The molecule has 0 saturated carbocycles. The Balaban J connectivity index is 0.00000544. The van der Waals surface area contributed by atoms with E-state index in [4.69, 9.17) is 18.9 Å². The summed E-state index contributed by atoms with van der Waals surface area (Å²) in [6.45, 7) is 5.90. The molecule has 2 aromatic rings. The van der Waals surface area contributed by atoms with Crippen molar-refractivity contribution in [1.82, 2.24) is 5.32 Å². The number of nitrogens with zero attached hydrogens (tertiary/aromatic N) is 1. The average molecular weight is 477 g/mol. The Morgan fingerprint density at radius 2 is 1.42 bits per heavy atom. The van der Waals surface area contributed by atoms with Gasteiger partial charge in [0.05, 0.1) is 39.9 Å². The van der Waals surface area contributed by atoms with Gasteiger partial charge in [0, 0.05) is 0 Å². The predicted molar refractivity (Wildman–Crippen MR) is 134 cm³/mol. The van der Waals surface area contributed by atoms with E-state index in [-0.39, 0.29) is 18.3 Å². The van der Waals surface area contributed by atoms with E-state index >= 15 is 0 Å². The predicted octanol–water partition coefficient (Wildman–Crippen LogP) is 5.17. The molecule has 0 radical (unpaired) electrons. The largest absolute Gasteiger partial charge is 0.493 e. The first-order valence-electron chi connectivity index (χ1n) is 11.0. The minimum atomic E-state index is -0.579. The van der Waals surface area contributed by atoms with Gasteiger partial charge in [-0.15, -0.1) is 12.4 Å². The minimum Gasteiger partial charge on any atom is -0.493 e. The molecule has 0 aromatic heterocycles. The van der Waals surface area contributed by atoms with E-state index in [0.717, 1.165) is 49.4 Å². The fourth-order valence-corrected chi connectivity index (χ4v) is 4.02. The minimum absolute atomic E-state index is 0. The van der Waals surface area contributed by atoms with Crippen LogP contribution in [0.25, 0.3) is 0 Å². The number of ether oxygens (including phenoxy) is 4. The summed E-state index contributed by atoms with van der Waals surface area (Å²) in [5, 5.41) is 13.7. The van der Waals surface area contributed by atoms with Crippen LogP contribution in [-0.2, 0) is 11.8 Å². The third kappa shape index (κ3) is 6.93. The molecule has 0 fully saturated rings. The Kier molecular flexibility index (Phi) is 11.9. The first kappa shape index (κ1) is 28.4. The van der Waals surface area contributed by atoms with Gasteiger partial charge in [-0.3, -0.25) is 0 Å². The lowest BCUT2D eigenvalue weighted by atomic mass is 9.70. The van der Waals surface area contributed by atoms with Gasteiger partial charge in [-0.25, -0.2) is 0 Å². The molecule has 2 aromatic carbocycles. The van der Waals surface area contributed by atoms with Gasteiger partial charge < -0.3 is 24.3 Å². The Bertz CT molecular complexity index is 914. The van der Waals surface area contributed by atoms with E-state index in [1.54, 1.807) is 28.4 Å². The molecular formula is C26H37ClN2O4. The third-order valence-corrected chi connectivity index (χ3v) is 6.05. The number of nitrogens with one attached hydrogen (secondary N) is 1. The average Bonchev–Trinajstić information content (AvgIpc) is 2.82. The molecule has 33 heavy (non-hydrogen) atoms. The monoisotopic (exact) mass is 476 g/mol. The van der Waals surface area contributed by atoms with Gasteiger partial charge in [-0.2, -0.15) is 5.26 Å². The number of hydrogen-bond donors (Lipinski definition) is 1. The van der Waals surface area contributed by atoms with Crippen LogP contribution in [0.4, 0.5) is 0 Å². The molecule has 0 spiro atoms. The highest BCUT2D eigenvalue weighted by Gasteiger charge is 2.36. The van der Waals surface area contributed by atoms with Crippen molar-refractivity contribution in [2.75, 3.05) is 41.5 Å². The lowest BCUT2D eigenvalue weighted by Gasteiger charge is -2.32. The summed E-state index contributed by atoms with van der Waals surface area (Å²) in [4.78, 5) is 0. The Morgan fingerprint density at radius 3 is 1.97 bits per heavy atom. The molecule has 0 heterocycles. The summed E-state index contributed by atoms with van der Waals surface area (Å²) in [6, 6.07) is 14.4. The van der Waals surface area contributed by atoms with E-state index < -0.39 is 5.41 Å². The van der Waals surface area contributed by atoms with Crippen molar-refractivity contribution < 1.29 is 18.9 Å². The van der Waals surface area contributed by atoms with Crippen LogP contribution in [0.5, 0.6) is 23.0 Å². The fourth-order valence-electron chi connectivity index (χ4n) is 4.02. The summed E-state index contributed by atoms with van der Waals surface area (Å²) in [5.41, 5.74) is 1.58. The second kappa shape index (κ2) is 13.8. The number of hydrogen-bond acceptors (Lipinski definition) is 6.